The van der Waals surface area contributed by atoms with E-state index in [9.17, 15) is 0 Å². The van der Waals surface area contributed by atoms with Crippen molar-refractivity contribution in [3.05, 3.63) is 47.8 Å². The Bertz CT molecular complexity index is 690. The summed E-state index contributed by atoms with van der Waals surface area (Å²) in [4.78, 5) is 12.4. The summed E-state index contributed by atoms with van der Waals surface area (Å²) in [5, 5.41) is 0.260. The van der Waals surface area contributed by atoms with Crippen LogP contribution in [-0.4, -0.2) is 19.4 Å². The third kappa shape index (κ3) is 1.76. The second kappa shape index (κ2) is 3.82. The van der Waals surface area contributed by atoms with Crippen LogP contribution >= 0.6 is 11.6 Å². The first kappa shape index (κ1) is 10.2. The largest absolute Gasteiger partial charge is 0.306 e. The summed E-state index contributed by atoms with van der Waals surface area (Å²) in [5.74, 6) is 0. The maximum Gasteiger partial charge on any atom is 0.222 e. The molecule has 0 unspecified atom stereocenters. The smallest absolute Gasteiger partial charge is 0.222 e. The Morgan fingerprint density at radius 1 is 1.24 bits per heavy atom. The van der Waals surface area contributed by atoms with Gasteiger partial charge in [0.05, 0.1) is 5.69 Å². The average molecular weight is 245 g/mol. The Labute approximate surface area is 103 Å². The van der Waals surface area contributed by atoms with Crippen molar-refractivity contribution in [1.82, 2.24) is 19.4 Å². The van der Waals surface area contributed by atoms with E-state index in [0.717, 1.165) is 22.5 Å². The third-order valence-electron chi connectivity index (χ3n) is 2.60. The highest BCUT2D eigenvalue weighted by atomic mass is 35.5. The van der Waals surface area contributed by atoms with Gasteiger partial charge in [0.2, 0.25) is 5.28 Å². The van der Waals surface area contributed by atoms with Crippen molar-refractivity contribution in [2.24, 2.45) is 0 Å². The number of aryl methyl sites for hydroxylation is 1. The lowest BCUT2D eigenvalue weighted by Crippen LogP contribution is -1.93. The molecule has 0 saturated carbocycles. The zero-order valence-corrected chi connectivity index (χ0v) is 9.89. The van der Waals surface area contributed by atoms with Crippen LogP contribution in [-0.2, 0) is 0 Å². The second-order valence-corrected chi connectivity index (χ2v) is 4.12. The van der Waals surface area contributed by atoms with Gasteiger partial charge >= 0.3 is 0 Å². The van der Waals surface area contributed by atoms with Crippen molar-refractivity contribution in [2.75, 3.05) is 0 Å². The van der Waals surface area contributed by atoms with Gasteiger partial charge in [-0.3, -0.25) is 0 Å². The van der Waals surface area contributed by atoms with Crippen molar-refractivity contribution in [1.29, 1.82) is 0 Å². The van der Waals surface area contributed by atoms with E-state index < -0.39 is 0 Å². The van der Waals surface area contributed by atoms with Gasteiger partial charge < -0.3 is 4.40 Å². The molecule has 0 radical (unpaired) electrons. The molecule has 0 N–H and O–H groups in total. The lowest BCUT2D eigenvalue weighted by molar-refractivity contribution is 1.12. The van der Waals surface area contributed by atoms with E-state index in [1.807, 2.05) is 35.9 Å². The highest BCUT2D eigenvalue weighted by molar-refractivity contribution is 6.28. The fourth-order valence-electron chi connectivity index (χ4n) is 1.77. The van der Waals surface area contributed by atoms with Gasteiger partial charge in [-0.05, 0) is 36.2 Å². The Balaban J connectivity index is 2.22. The van der Waals surface area contributed by atoms with Crippen LogP contribution in [0.4, 0.5) is 0 Å². The fourth-order valence-corrected chi connectivity index (χ4v) is 1.91. The molecule has 0 aliphatic rings. The summed E-state index contributed by atoms with van der Waals surface area (Å²) in [6, 6.07) is 3.93. The molecule has 0 saturated heterocycles. The summed E-state index contributed by atoms with van der Waals surface area (Å²) in [7, 11) is 0. The molecule has 17 heavy (non-hydrogen) atoms. The Hall–Kier alpha value is -1.94. The summed E-state index contributed by atoms with van der Waals surface area (Å²) < 4.78 is 1.95. The standard InChI is InChI=1S/C12H9ClN4/c1-8-6-15-12(13)16-11(8)9-2-3-10-14-4-5-17(10)7-9/h2-7H,1H3. The van der Waals surface area contributed by atoms with Crippen molar-refractivity contribution >= 4 is 17.2 Å². The highest BCUT2D eigenvalue weighted by Gasteiger charge is 2.06. The van der Waals surface area contributed by atoms with E-state index >= 15 is 0 Å². The zero-order chi connectivity index (χ0) is 11.8. The molecule has 0 amide bonds. The maximum atomic E-state index is 5.82. The van der Waals surface area contributed by atoms with Crippen molar-refractivity contribution in [3.8, 4) is 11.3 Å². The van der Waals surface area contributed by atoms with Crippen LogP contribution in [0.5, 0.6) is 0 Å². The van der Waals surface area contributed by atoms with Crippen molar-refractivity contribution < 1.29 is 0 Å². The normalized spacial score (nSPS) is 10.9. The molecule has 4 nitrogen and oxygen atoms in total. The molecule has 0 aliphatic heterocycles. The number of pyridine rings is 1. The van der Waals surface area contributed by atoms with Crippen LogP contribution in [0.25, 0.3) is 16.9 Å². The molecule has 0 atom stereocenters. The molecule has 5 heteroatoms. The quantitative estimate of drug-likeness (QED) is 0.618. The monoisotopic (exact) mass is 244 g/mol. The maximum absolute atomic E-state index is 5.82. The van der Waals surface area contributed by atoms with Crippen LogP contribution in [0, 0.1) is 6.92 Å². The van der Waals surface area contributed by atoms with Gasteiger partial charge in [0.25, 0.3) is 0 Å². The minimum Gasteiger partial charge on any atom is -0.306 e. The molecule has 3 aromatic rings. The van der Waals surface area contributed by atoms with E-state index in [2.05, 4.69) is 15.0 Å². The third-order valence-corrected chi connectivity index (χ3v) is 2.79. The lowest BCUT2D eigenvalue weighted by Gasteiger charge is -2.05. The number of rotatable bonds is 1. The molecule has 0 spiro atoms. The number of fused-ring (bicyclic) bond motifs is 1. The molecule has 0 aromatic carbocycles. The summed E-state index contributed by atoms with van der Waals surface area (Å²) >= 11 is 5.82. The van der Waals surface area contributed by atoms with Crippen molar-refractivity contribution in [3.63, 3.8) is 0 Å². The van der Waals surface area contributed by atoms with Gasteiger partial charge in [0.15, 0.2) is 0 Å². The minimum atomic E-state index is 0.260. The molecule has 0 bridgehead atoms. The average Bonchev–Trinajstić information content (AvgIpc) is 2.79. The van der Waals surface area contributed by atoms with Gasteiger partial charge in [-0.2, -0.15) is 0 Å². The summed E-state index contributed by atoms with van der Waals surface area (Å²) in [5.41, 5.74) is 3.75. The summed E-state index contributed by atoms with van der Waals surface area (Å²) in [6.45, 7) is 1.96. The Morgan fingerprint density at radius 2 is 2.12 bits per heavy atom. The molecule has 3 rings (SSSR count). The summed E-state index contributed by atoms with van der Waals surface area (Å²) in [6.07, 6.45) is 7.37. The number of hydrogen-bond donors (Lipinski definition) is 0. The van der Waals surface area contributed by atoms with Crippen LogP contribution in [0.1, 0.15) is 5.56 Å². The first-order valence-corrected chi connectivity index (χ1v) is 5.54. The molecular weight excluding hydrogens is 236 g/mol. The second-order valence-electron chi connectivity index (χ2n) is 3.78. The van der Waals surface area contributed by atoms with E-state index in [1.165, 1.54) is 0 Å². The van der Waals surface area contributed by atoms with Crippen LogP contribution in [0.3, 0.4) is 0 Å². The first-order valence-electron chi connectivity index (χ1n) is 5.16. The van der Waals surface area contributed by atoms with Crippen molar-refractivity contribution in [2.45, 2.75) is 6.92 Å². The minimum absolute atomic E-state index is 0.260. The molecular formula is C12H9ClN4. The number of aromatic nitrogens is 4. The predicted molar refractivity (Wildman–Crippen MR) is 66.0 cm³/mol. The van der Waals surface area contributed by atoms with Crippen LogP contribution in [0.15, 0.2) is 36.9 Å². The van der Waals surface area contributed by atoms with E-state index in [-0.39, 0.29) is 5.28 Å². The molecule has 3 heterocycles. The number of halogens is 1. The Kier molecular flexibility index (Phi) is 2.30. The van der Waals surface area contributed by atoms with Gasteiger partial charge in [0.1, 0.15) is 5.65 Å². The SMILES string of the molecule is Cc1cnc(Cl)nc1-c1ccc2nccn2c1. The van der Waals surface area contributed by atoms with Crippen LogP contribution < -0.4 is 0 Å². The molecule has 0 fully saturated rings. The lowest BCUT2D eigenvalue weighted by atomic mass is 10.1. The topological polar surface area (TPSA) is 43.1 Å². The first-order chi connectivity index (χ1) is 8.24. The van der Waals surface area contributed by atoms with E-state index in [0.29, 0.717) is 0 Å². The number of imidazole rings is 1. The van der Waals surface area contributed by atoms with Gasteiger partial charge in [-0.1, -0.05) is 0 Å². The zero-order valence-electron chi connectivity index (χ0n) is 9.13. The number of nitrogens with zero attached hydrogens (tertiary/aromatic N) is 4. The molecule has 0 aliphatic carbocycles. The highest BCUT2D eigenvalue weighted by Crippen LogP contribution is 2.22. The molecule has 3 aromatic heterocycles. The molecule has 84 valence electrons. The predicted octanol–water partition coefficient (Wildman–Crippen LogP) is 2.75. The van der Waals surface area contributed by atoms with E-state index in [1.54, 1.807) is 12.4 Å². The van der Waals surface area contributed by atoms with Crippen LogP contribution in [0.2, 0.25) is 5.28 Å². The Morgan fingerprint density at radius 3 is 3.00 bits per heavy atom. The van der Waals surface area contributed by atoms with Gasteiger partial charge in [-0.25, -0.2) is 15.0 Å². The fraction of sp³-hybridized carbons (Fsp3) is 0.0833. The number of hydrogen-bond acceptors (Lipinski definition) is 3. The van der Waals surface area contributed by atoms with Gasteiger partial charge in [-0.15, -0.1) is 0 Å². The van der Waals surface area contributed by atoms with E-state index in [4.69, 9.17) is 11.6 Å². The van der Waals surface area contributed by atoms with Gasteiger partial charge in [0, 0.05) is 30.4 Å².